The molecule has 1 atom stereocenters. The molecule has 3 rings (SSSR count). The summed E-state index contributed by atoms with van der Waals surface area (Å²) >= 11 is 1.61. The van der Waals surface area contributed by atoms with Gasteiger partial charge in [0.05, 0.1) is 20.3 Å². The van der Waals surface area contributed by atoms with Gasteiger partial charge in [0, 0.05) is 24.7 Å². The van der Waals surface area contributed by atoms with Gasteiger partial charge in [-0.1, -0.05) is 6.07 Å². The van der Waals surface area contributed by atoms with Crippen molar-refractivity contribution in [3.63, 3.8) is 0 Å². The molecule has 0 bridgehead atoms. The number of hydrogen-bond acceptors (Lipinski definition) is 5. The van der Waals surface area contributed by atoms with Gasteiger partial charge < -0.3 is 19.7 Å². The molecule has 2 heterocycles. The molecule has 7 heteroatoms. The summed E-state index contributed by atoms with van der Waals surface area (Å²) in [5.41, 5.74) is 0.966. The van der Waals surface area contributed by atoms with Crippen LogP contribution in [0.15, 0.2) is 29.8 Å². The number of urea groups is 1. The van der Waals surface area contributed by atoms with E-state index in [9.17, 15) is 4.79 Å². The lowest BCUT2D eigenvalue weighted by Crippen LogP contribution is -2.44. The third kappa shape index (κ3) is 4.04. The molecule has 0 spiro atoms. The van der Waals surface area contributed by atoms with E-state index < -0.39 is 0 Å². The standard InChI is InChI=1S/C18H23N3O3S/c1-23-15-7-6-13(11-16(15)24-2)12-20-18(22)21-9-4-3-5-14(21)17-19-8-10-25-17/h6-8,10-11,14H,3-5,9,12H2,1-2H3,(H,20,22)/t14-/m1/s1. The van der Waals surface area contributed by atoms with E-state index in [4.69, 9.17) is 9.47 Å². The minimum Gasteiger partial charge on any atom is -0.493 e. The van der Waals surface area contributed by atoms with Crippen molar-refractivity contribution in [2.45, 2.75) is 31.8 Å². The molecule has 1 aromatic heterocycles. The van der Waals surface area contributed by atoms with E-state index in [-0.39, 0.29) is 12.1 Å². The number of aromatic nitrogens is 1. The Morgan fingerprint density at radius 2 is 2.16 bits per heavy atom. The molecule has 0 saturated carbocycles. The average Bonchev–Trinajstić information content (AvgIpc) is 3.20. The molecular weight excluding hydrogens is 338 g/mol. The first-order chi connectivity index (χ1) is 12.2. The summed E-state index contributed by atoms with van der Waals surface area (Å²) in [5, 5.41) is 5.99. The molecule has 0 aliphatic carbocycles. The van der Waals surface area contributed by atoms with Gasteiger partial charge in [0.1, 0.15) is 5.01 Å². The Bertz CT molecular complexity index is 706. The second-order valence-corrected chi connectivity index (χ2v) is 6.85. The maximum atomic E-state index is 12.7. The summed E-state index contributed by atoms with van der Waals surface area (Å²) in [5.74, 6) is 1.34. The summed E-state index contributed by atoms with van der Waals surface area (Å²) in [7, 11) is 3.21. The van der Waals surface area contributed by atoms with E-state index >= 15 is 0 Å². The van der Waals surface area contributed by atoms with Crippen molar-refractivity contribution in [2.75, 3.05) is 20.8 Å². The fourth-order valence-electron chi connectivity index (χ4n) is 3.10. The number of ether oxygens (including phenoxy) is 2. The van der Waals surface area contributed by atoms with Crippen LogP contribution in [-0.2, 0) is 6.54 Å². The molecule has 0 unspecified atom stereocenters. The van der Waals surface area contributed by atoms with Crippen molar-refractivity contribution >= 4 is 17.4 Å². The first-order valence-electron chi connectivity index (χ1n) is 8.37. The number of piperidine rings is 1. The van der Waals surface area contributed by atoms with Gasteiger partial charge in [0.25, 0.3) is 0 Å². The van der Waals surface area contributed by atoms with Crippen LogP contribution in [0.2, 0.25) is 0 Å². The molecule has 134 valence electrons. The van der Waals surface area contributed by atoms with Crippen LogP contribution in [0.3, 0.4) is 0 Å². The highest BCUT2D eigenvalue weighted by molar-refractivity contribution is 7.09. The molecule has 25 heavy (non-hydrogen) atoms. The lowest BCUT2D eigenvalue weighted by molar-refractivity contribution is 0.151. The number of hydrogen-bond donors (Lipinski definition) is 1. The smallest absolute Gasteiger partial charge is 0.318 e. The second kappa shape index (κ2) is 8.20. The van der Waals surface area contributed by atoms with E-state index in [1.807, 2.05) is 28.5 Å². The number of benzene rings is 1. The fraction of sp³-hybridized carbons (Fsp3) is 0.444. The molecule has 1 aromatic carbocycles. The van der Waals surface area contributed by atoms with Crippen LogP contribution < -0.4 is 14.8 Å². The molecule has 0 radical (unpaired) electrons. The molecule has 1 saturated heterocycles. The summed E-state index contributed by atoms with van der Waals surface area (Å²) in [6, 6.07) is 5.69. The van der Waals surface area contributed by atoms with E-state index in [2.05, 4.69) is 10.3 Å². The number of methoxy groups -OCH3 is 2. The monoisotopic (exact) mass is 361 g/mol. The maximum Gasteiger partial charge on any atom is 0.318 e. The number of carbonyl (C=O) groups excluding carboxylic acids is 1. The van der Waals surface area contributed by atoms with Crippen molar-refractivity contribution in [2.24, 2.45) is 0 Å². The molecule has 2 aromatic rings. The Balaban J connectivity index is 1.65. The molecule has 2 amide bonds. The first kappa shape index (κ1) is 17.5. The van der Waals surface area contributed by atoms with Crippen molar-refractivity contribution < 1.29 is 14.3 Å². The summed E-state index contributed by atoms with van der Waals surface area (Å²) in [6.07, 6.45) is 4.93. The van der Waals surface area contributed by atoms with Crippen molar-refractivity contribution in [1.82, 2.24) is 15.2 Å². The van der Waals surface area contributed by atoms with Crippen LogP contribution in [0.25, 0.3) is 0 Å². The van der Waals surface area contributed by atoms with Gasteiger partial charge >= 0.3 is 6.03 Å². The van der Waals surface area contributed by atoms with E-state index in [0.29, 0.717) is 18.0 Å². The molecule has 1 N–H and O–H groups in total. The first-order valence-corrected chi connectivity index (χ1v) is 9.25. The number of likely N-dealkylation sites (tertiary alicyclic amines) is 1. The van der Waals surface area contributed by atoms with Gasteiger partial charge in [0.15, 0.2) is 11.5 Å². The second-order valence-electron chi connectivity index (χ2n) is 5.92. The lowest BCUT2D eigenvalue weighted by Gasteiger charge is -2.34. The average molecular weight is 361 g/mol. The van der Waals surface area contributed by atoms with Crippen LogP contribution in [0.5, 0.6) is 11.5 Å². The number of amides is 2. The quantitative estimate of drug-likeness (QED) is 0.884. The van der Waals surface area contributed by atoms with Gasteiger partial charge in [-0.15, -0.1) is 11.3 Å². The number of nitrogens with one attached hydrogen (secondary N) is 1. The largest absolute Gasteiger partial charge is 0.493 e. The zero-order valence-electron chi connectivity index (χ0n) is 14.5. The summed E-state index contributed by atoms with van der Waals surface area (Å²) < 4.78 is 10.6. The maximum absolute atomic E-state index is 12.7. The molecule has 1 aliphatic heterocycles. The van der Waals surface area contributed by atoms with Gasteiger partial charge in [-0.3, -0.25) is 0 Å². The zero-order chi connectivity index (χ0) is 17.6. The Morgan fingerprint density at radius 1 is 1.32 bits per heavy atom. The highest BCUT2D eigenvalue weighted by Crippen LogP contribution is 2.32. The summed E-state index contributed by atoms with van der Waals surface area (Å²) in [4.78, 5) is 19.0. The van der Waals surface area contributed by atoms with E-state index in [1.54, 1.807) is 31.8 Å². The fourth-order valence-corrected chi connectivity index (χ4v) is 3.89. The predicted molar refractivity (Wildman–Crippen MR) is 97.2 cm³/mol. The van der Waals surface area contributed by atoms with Gasteiger partial charge in [-0.2, -0.15) is 0 Å². The lowest BCUT2D eigenvalue weighted by atomic mass is 10.0. The van der Waals surface area contributed by atoms with Crippen LogP contribution >= 0.6 is 11.3 Å². The van der Waals surface area contributed by atoms with Gasteiger partial charge in [0.2, 0.25) is 0 Å². The Labute approximate surface area is 151 Å². The number of thiazole rings is 1. The zero-order valence-corrected chi connectivity index (χ0v) is 15.3. The number of rotatable bonds is 5. The molecule has 6 nitrogen and oxygen atoms in total. The Morgan fingerprint density at radius 3 is 2.88 bits per heavy atom. The number of nitrogens with zero attached hydrogens (tertiary/aromatic N) is 2. The Kier molecular flexibility index (Phi) is 5.75. The predicted octanol–water partition coefficient (Wildman–Crippen LogP) is 3.60. The topological polar surface area (TPSA) is 63.7 Å². The summed E-state index contributed by atoms with van der Waals surface area (Å²) in [6.45, 7) is 1.21. The van der Waals surface area contributed by atoms with Crippen LogP contribution in [0.1, 0.15) is 35.9 Å². The number of carbonyl (C=O) groups is 1. The van der Waals surface area contributed by atoms with Crippen LogP contribution in [0, 0.1) is 0 Å². The van der Waals surface area contributed by atoms with Crippen molar-refractivity contribution in [3.8, 4) is 11.5 Å². The minimum atomic E-state index is -0.0466. The highest BCUT2D eigenvalue weighted by atomic mass is 32.1. The third-order valence-electron chi connectivity index (χ3n) is 4.39. The van der Waals surface area contributed by atoms with Gasteiger partial charge in [-0.25, -0.2) is 9.78 Å². The molecule has 1 aliphatic rings. The normalized spacial score (nSPS) is 17.2. The third-order valence-corrected chi connectivity index (χ3v) is 5.27. The molecular formula is C18H23N3O3S. The van der Waals surface area contributed by atoms with Crippen LogP contribution in [-0.4, -0.2) is 36.7 Å². The SMILES string of the molecule is COc1ccc(CNC(=O)N2CCCC[C@@H]2c2nccs2)cc1OC. The molecule has 1 fully saturated rings. The van der Waals surface area contributed by atoms with Crippen LogP contribution in [0.4, 0.5) is 4.79 Å². The van der Waals surface area contributed by atoms with Gasteiger partial charge in [-0.05, 0) is 37.0 Å². The highest BCUT2D eigenvalue weighted by Gasteiger charge is 2.29. The van der Waals surface area contributed by atoms with E-state index in [0.717, 1.165) is 36.4 Å². The van der Waals surface area contributed by atoms with Crippen molar-refractivity contribution in [1.29, 1.82) is 0 Å². The van der Waals surface area contributed by atoms with Crippen molar-refractivity contribution in [3.05, 3.63) is 40.3 Å². The minimum absolute atomic E-state index is 0.0466. The van der Waals surface area contributed by atoms with E-state index in [1.165, 1.54) is 0 Å². The Hall–Kier alpha value is -2.28.